The average molecular weight is 279 g/mol. The summed E-state index contributed by atoms with van der Waals surface area (Å²) in [4.78, 5) is 0. The number of methoxy groups -OCH3 is 1. The van der Waals surface area contributed by atoms with Gasteiger partial charge in [-0.1, -0.05) is 0 Å². The van der Waals surface area contributed by atoms with E-state index >= 15 is 0 Å². The van der Waals surface area contributed by atoms with E-state index in [1.54, 1.807) is 7.11 Å². The van der Waals surface area contributed by atoms with E-state index in [4.69, 9.17) is 14.6 Å². The lowest BCUT2D eigenvalue weighted by Crippen LogP contribution is -2.25. The Morgan fingerprint density at radius 1 is 1.50 bits per heavy atom. The normalized spacial score (nSPS) is 18.5. The van der Waals surface area contributed by atoms with E-state index in [9.17, 15) is 0 Å². The van der Waals surface area contributed by atoms with E-state index in [0.717, 1.165) is 42.9 Å². The van der Waals surface area contributed by atoms with Crippen molar-refractivity contribution in [3.05, 3.63) is 23.3 Å². The average Bonchev–Trinajstić information content (AvgIpc) is 2.82. The Morgan fingerprint density at radius 2 is 2.30 bits per heavy atom. The number of benzene rings is 1. The van der Waals surface area contributed by atoms with Crippen molar-refractivity contribution in [3.8, 4) is 11.5 Å². The molecule has 0 saturated carbocycles. The summed E-state index contributed by atoms with van der Waals surface area (Å²) < 4.78 is 11.3. The number of ether oxygens (including phenoxy) is 2. The first-order valence-corrected chi connectivity index (χ1v) is 7.34. The van der Waals surface area contributed by atoms with E-state index < -0.39 is 0 Å². The van der Waals surface area contributed by atoms with Crippen LogP contribution in [-0.4, -0.2) is 31.0 Å². The summed E-state index contributed by atoms with van der Waals surface area (Å²) >= 11 is 0. The van der Waals surface area contributed by atoms with Crippen molar-refractivity contribution < 1.29 is 14.6 Å². The highest BCUT2D eigenvalue weighted by molar-refractivity contribution is 5.49. The highest BCUT2D eigenvalue weighted by Crippen LogP contribution is 2.36. The smallest absolute Gasteiger partial charge is 0.127 e. The van der Waals surface area contributed by atoms with Crippen LogP contribution in [-0.2, 0) is 13.0 Å². The van der Waals surface area contributed by atoms with Crippen molar-refractivity contribution >= 4 is 0 Å². The van der Waals surface area contributed by atoms with Gasteiger partial charge in [0.25, 0.3) is 0 Å². The first-order chi connectivity index (χ1) is 9.63. The fourth-order valence-corrected chi connectivity index (χ4v) is 2.61. The zero-order chi connectivity index (χ0) is 14.5. The Kier molecular flexibility index (Phi) is 5.26. The molecule has 0 amide bonds. The zero-order valence-corrected chi connectivity index (χ0v) is 12.6. The maximum atomic E-state index is 8.86. The van der Waals surface area contributed by atoms with Gasteiger partial charge < -0.3 is 19.9 Å². The summed E-state index contributed by atoms with van der Waals surface area (Å²) in [7, 11) is 1.70. The van der Waals surface area contributed by atoms with Gasteiger partial charge in [0.05, 0.1) is 7.11 Å². The summed E-state index contributed by atoms with van der Waals surface area (Å²) in [6, 6.07) is 4.49. The van der Waals surface area contributed by atoms with Crippen LogP contribution in [0.15, 0.2) is 12.1 Å². The van der Waals surface area contributed by atoms with Crippen LogP contribution in [0.25, 0.3) is 0 Å². The van der Waals surface area contributed by atoms with Crippen LogP contribution in [0.3, 0.4) is 0 Å². The number of nitrogens with one attached hydrogen (secondary N) is 1. The number of hydrogen-bond acceptors (Lipinski definition) is 4. The third-order valence-corrected chi connectivity index (χ3v) is 3.71. The van der Waals surface area contributed by atoms with E-state index in [0.29, 0.717) is 6.04 Å². The molecule has 1 heterocycles. The topological polar surface area (TPSA) is 50.7 Å². The first-order valence-electron chi connectivity index (χ1n) is 7.34. The van der Waals surface area contributed by atoms with Crippen LogP contribution in [0.5, 0.6) is 11.5 Å². The summed E-state index contributed by atoms with van der Waals surface area (Å²) in [6.45, 7) is 5.24. The molecule has 1 aliphatic rings. The van der Waals surface area contributed by atoms with Crippen molar-refractivity contribution in [3.63, 3.8) is 0 Å². The Morgan fingerprint density at radius 3 is 3.00 bits per heavy atom. The summed E-state index contributed by atoms with van der Waals surface area (Å²) in [5.41, 5.74) is 2.39. The SMILES string of the molecule is COc1cc(CNC(C)CCCO)c2c(c1)CC(C)O2. The van der Waals surface area contributed by atoms with E-state index in [1.165, 1.54) is 5.56 Å². The monoisotopic (exact) mass is 279 g/mol. The second kappa shape index (κ2) is 6.95. The summed E-state index contributed by atoms with van der Waals surface area (Å²) in [5.74, 6) is 1.90. The number of rotatable bonds is 7. The molecule has 2 atom stereocenters. The minimum atomic E-state index is 0.239. The van der Waals surface area contributed by atoms with Gasteiger partial charge in [0, 0.05) is 36.7 Å². The van der Waals surface area contributed by atoms with E-state index in [-0.39, 0.29) is 12.7 Å². The molecule has 20 heavy (non-hydrogen) atoms. The van der Waals surface area contributed by atoms with Gasteiger partial charge >= 0.3 is 0 Å². The molecule has 2 N–H and O–H groups in total. The van der Waals surface area contributed by atoms with Gasteiger partial charge in [-0.25, -0.2) is 0 Å². The molecule has 0 bridgehead atoms. The van der Waals surface area contributed by atoms with Crippen LogP contribution in [0.1, 0.15) is 37.8 Å². The first kappa shape index (κ1) is 15.1. The minimum Gasteiger partial charge on any atom is -0.497 e. The molecule has 112 valence electrons. The lowest BCUT2D eigenvalue weighted by Gasteiger charge is -2.16. The van der Waals surface area contributed by atoms with Gasteiger partial charge in [-0.2, -0.15) is 0 Å². The lowest BCUT2D eigenvalue weighted by atomic mass is 10.1. The molecular weight excluding hydrogens is 254 g/mol. The van der Waals surface area contributed by atoms with Gasteiger partial charge in [-0.05, 0) is 38.8 Å². The molecule has 2 rings (SSSR count). The molecule has 2 unspecified atom stereocenters. The largest absolute Gasteiger partial charge is 0.497 e. The zero-order valence-electron chi connectivity index (χ0n) is 12.6. The molecule has 0 radical (unpaired) electrons. The maximum absolute atomic E-state index is 8.86. The minimum absolute atomic E-state index is 0.239. The Labute approximate surface area is 121 Å². The molecule has 0 aliphatic carbocycles. The summed E-state index contributed by atoms with van der Waals surface area (Å²) in [6.07, 6.45) is 2.99. The van der Waals surface area contributed by atoms with Crippen molar-refractivity contribution in [2.24, 2.45) is 0 Å². The fourth-order valence-electron chi connectivity index (χ4n) is 2.61. The number of hydrogen-bond donors (Lipinski definition) is 2. The summed E-state index contributed by atoms with van der Waals surface area (Å²) in [5, 5.41) is 12.3. The highest BCUT2D eigenvalue weighted by Gasteiger charge is 2.23. The third kappa shape index (κ3) is 3.64. The van der Waals surface area contributed by atoms with Crippen LogP contribution < -0.4 is 14.8 Å². The second-order valence-corrected chi connectivity index (χ2v) is 5.56. The Hall–Kier alpha value is -1.26. The van der Waals surface area contributed by atoms with Gasteiger partial charge in [-0.3, -0.25) is 0 Å². The molecule has 1 aliphatic heterocycles. The molecule has 1 aromatic rings. The Balaban J connectivity index is 2.05. The third-order valence-electron chi connectivity index (χ3n) is 3.71. The van der Waals surface area contributed by atoms with E-state index in [2.05, 4.69) is 25.2 Å². The molecular formula is C16H25NO3. The molecule has 0 fully saturated rings. The number of fused-ring (bicyclic) bond motifs is 1. The predicted octanol–water partition coefficient (Wildman–Crippen LogP) is 2.27. The molecule has 4 heteroatoms. The quantitative estimate of drug-likeness (QED) is 0.804. The van der Waals surface area contributed by atoms with Crippen LogP contribution >= 0.6 is 0 Å². The van der Waals surface area contributed by atoms with Crippen molar-refractivity contribution in [1.29, 1.82) is 0 Å². The lowest BCUT2D eigenvalue weighted by molar-refractivity contribution is 0.251. The van der Waals surface area contributed by atoms with E-state index in [1.807, 2.05) is 6.07 Å². The number of aliphatic hydroxyl groups is 1. The second-order valence-electron chi connectivity index (χ2n) is 5.56. The molecule has 4 nitrogen and oxygen atoms in total. The highest BCUT2D eigenvalue weighted by atomic mass is 16.5. The van der Waals surface area contributed by atoms with Crippen LogP contribution in [0.4, 0.5) is 0 Å². The Bertz CT molecular complexity index is 448. The fraction of sp³-hybridized carbons (Fsp3) is 0.625. The van der Waals surface area contributed by atoms with Crippen LogP contribution in [0.2, 0.25) is 0 Å². The molecule has 1 aromatic carbocycles. The van der Waals surface area contributed by atoms with Crippen molar-refractivity contribution in [2.75, 3.05) is 13.7 Å². The standard InChI is InChI=1S/C16H25NO3/c1-11(5-4-6-18)17-10-14-9-15(19-3)8-13-7-12(2)20-16(13)14/h8-9,11-12,17-18H,4-7,10H2,1-3H3. The van der Waals surface area contributed by atoms with Crippen LogP contribution in [0, 0.1) is 0 Å². The maximum Gasteiger partial charge on any atom is 0.127 e. The van der Waals surface area contributed by atoms with Gasteiger partial charge in [0.2, 0.25) is 0 Å². The van der Waals surface area contributed by atoms with Gasteiger partial charge in [-0.15, -0.1) is 0 Å². The van der Waals surface area contributed by atoms with Crippen molar-refractivity contribution in [1.82, 2.24) is 5.32 Å². The van der Waals surface area contributed by atoms with Gasteiger partial charge in [0.15, 0.2) is 0 Å². The predicted molar refractivity (Wildman–Crippen MR) is 79.4 cm³/mol. The molecule has 0 spiro atoms. The van der Waals surface area contributed by atoms with Crippen molar-refractivity contribution in [2.45, 2.75) is 51.8 Å². The number of aliphatic hydroxyl groups excluding tert-OH is 1. The molecule has 0 saturated heterocycles. The van der Waals surface area contributed by atoms with Gasteiger partial charge in [0.1, 0.15) is 17.6 Å². The molecule has 0 aromatic heterocycles.